The molecular weight excluding hydrogens is 420 g/mol. The van der Waals surface area contributed by atoms with Crippen molar-refractivity contribution < 1.29 is 28.2 Å². The van der Waals surface area contributed by atoms with Crippen LogP contribution in [0.2, 0.25) is 0 Å². The molecule has 0 atom stereocenters. The number of aromatic carboxylic acids is 1. The number of nitrogens with zero attached hydrogens (tertiary/aromatic N) is 1. The zero-order valence-electron chi connectivity index (χ0n) is 17.7. The Kier molecular flexibility index (Phi) is 8.73. The maximum atomic E-state index is 13.0. The molecule has 0 saturated heterocycles. The third-order valence-corrected chi connectivity index (χ3v) is 6.71. The van der Waals surface area contributed by atoms with Crippen molar-refractivity contribution in [1.82, 2.24) is 4.31 Å². The third kappa shape index (κ3) is 6.13. The summed E-state index contributed by atoms with van der Waals surface area (Å²) in [4.78, 5) is 24.2. The van der Waals surface area contributed by atoms with Crippen molar-refractivity contribution >= 4 is 27.6 Å². The Bertz CT molecular complexity index is 1040. The first-order valence-electron chi connectivity index (χ1n) is 10.1. The monoisotopic (exact) mass is 448 g/mol. The second kappa shape index (κ2) is 11.0. The Balaban J connectivity index is 2.33. The average molecular weight is 449 g/mol. The number of aliphatic hydroxyl groups is 1. The normalized spacial score (nSPS) is 11.5. The number of carbonyl (C=O) groups excluding carboxylic acids is 1. The lowest BCUT2D eigenvalue weighted by atomic mass is 10.1. The van der Waals surface area contributed by atoms with Gasteiger partial charge in [0.15, 0.2) is 0 Å². The summed E-state index contributed by atoms with van der Waals surface area (Å²) in [6.07, 6.45) is 2.09. The number of hydrogen-bond acceptors (Lipinski definition) is 5. The van der Waals surface area contributed by atoms with Crippen LogP contribution in [0.3, 0.4) is 0 Å². The highest BCUT2D eigenvalue weighted by Gasteiger charge is 2.24. The predicted molar refractivity (Wildman–Crippen MR) is 118 cm³/mol. The van der Waals surface area contributed by atoms with Crippen LogP contribution in [0.4, 0.5) is 5.69 Å². The molecular formula is C22H28N2O6S. The van der Waals surface area contributed by atoms with E-state index >= 15 is 0 Å². The molecule has 0 aromatic heterocycles. The third-order valence-electron chi connectivity index (χ3n) is 4.82. The van der Waals surface area contributed by atoms with Crippen molar-refractivity contribution in [3.63, 3.8) is 0 Å². The summed E-state index contributed by atoms with van der Waals surface area (Å²) in [6, 6.07) is 10.3. The highest BCUT2D eigenvalue weighted by atomic mass is 32.2. The predicted octanol–water partition coefficient (Wildman–Crippen LogP) is 2.98. The topological polar surface area (TPSA) is 124 Å². The van der Waals surface area contributed by atoms with Gasteiger partial charge in [-0.2, -0.15) is 4.31 Å². The van der Waals surface area contributed by atoms with Crippen molar-refractivity contribution in [2.75, 3.05) is 25.0 Å². The van der Waals surface area contributed by atoms with Gasteiger partial charge in [0.05, 0.1) is 22.8 Å². The van der Waals surface area contributed by atoms with Crippen LogP contribution in [0.15, 0.2) is 47.4 Å². The van der Waals surface area contributed by atoms with E-state index in [4.69, 9.17) is 0 Å². The fourth-order valence-corrected chi connectivity index (χ4v) is 4.55. The van der Waals surface area contributed by atoms with Crippen LogP contribution in [0, 0.1) is 0 Å². The van der Waals surface area contributed by atoms with E-state index in [1.165, 1.54) is 40.7 Å². The standard InChI is InChI=1S/C22H28N2O6S/c1-3-5-11-24(12-13-25)31(29,30)18-8-6-7-17(15-18)21(26)23-20-10-9-16(4-2)14-19(20)22(27)28/h6-10,14-15,25H,3-5,11-13H2,1-2H3,(H,23,26)(H,27,28). The molecule has 8 nitrogen and oxygen atoms in total. The van der Waals surface area contributed by atoms with E-state index in [-0.39, 0.29) is 41.4 Å². The van der Waals surface area contributed by atoms with Crippen LogP contribution in [-0.2, 0) is 16.4 Å². The molecule has 0 aliphatic rings. The second-order valence-electron chi connectivity index (χ2n) is 7.00. The highest BCUT2D eigenvalue weighted by molar-refractivity contribution is 7.89. The summed E-state index contributed by atoms with van der Waals surface area (Å²) in [5, 5.41) is 21.2. The SMILES string of the molecule is CCCCN(CCO)S(=O)(=O)c1cccc(C(=O)Nc2ccc(CC)cc2C(=O)O)c1. The lowest BCUT2D eigenvalue weighted by Gasteiger charge is -2.21. The molecule has 31 heavy (non-hydrogen) atoms. The van der Waals surface area contributed by atoms with Crippen molar-refractivity contribution in [3.05, 3.63) is 59.2 Å². The number of aryl methyl sites for hydroxylation is 1. The number of carbonyl (C=O) groups is 2. The molecule has 2 rings (SSSR count). The molecule has 2 aromatic rings. The summed E-state index contributed by atoms with van der Waals surface area (Å²) in [6.45, 7) is 3.75. The first-order chi connectivity index (χ1) is 14.7. The Morgan fingerprint density at radius 2 is 1.81 bits per heavy atom. The molecule has 0 fully saturated rings. The van der Waals surface area contributed by atoms with Crippen LogP contribution >= 0.6 is 0 Å². The lowest BCUT2D eigenvalue weighted by Crippen LogP contribution is -2.34. The maximum Gasteiger partial charge on any atom is 0.337 e. The summed E-state index contributed by atoms with van der Waals surface area (Å²) in [5.41, 5.74) is 0.994. The summed E-state index contributed by atoms with van der Waals surface area (Å²) < 4.78 is 27.2. The second-order valence-corrected chi connectivity index (χ2v) is 8.94. The summed E-state index contributed by atoms with van der Waals surface area (Å²) in [5.74, 6) is -1.79. The quantitative estimate of drug-likeness (QED) is 0.485. The molecule has 0 heterocycles. The van der Waals surface area contributed by atoms with Gasteiger partial charge in [0.25, 0.3) is 5.91 Å². The Labute approximate surface area is 182 Å². The van der Waals surface area contributed by atoms with Crippen LogP contribution < -0.4 is 5.32 Å². The minimum absolute atomic E-state index is 0.0369. The van der Waals surface area contributed by atoms with E-state index < -0.39 is 21.9 Å². The van der Waals surface area contributed by atoms with Crippen molar-refractivity contribution in [2.24, 2.45) is 0 Å². The first-order valence-corrected chi connectivity index (χ1v) is 11.6. The molecule has 0 spiro atoms. The van der Waals surface area contributed by atoms with Gasteiger partial charge in [0.2, 0.25) is 10.0 Å². The van der Waals surface area contributed by atoms with Gasteiger partial charge in [-0.25, -0.2) is 13.2 Å². The van der Waals surface area contributed by atoms with Crippen molar-refractivity contribution in [1.29, 1.82) is 0 Å². The van der Waals surface area contributed by atoms with E-state index in [1.54, 1.807) is 6.07 Å². The number of aliphatic hydroxyl groups excluding tert-OH is 1. The molecule has 0 bridgehead atoms. The molecule has 0 unspecified atom stereocenters. The Morgan fingerprint density at radius 3 is 2.42 bits per heavy atom. The maximum absolute atomic E-state index is 13.0. The van der Waals surface area contributed by atoms with Gasteiger partial charge in [-0.15, -0.1) is 0 Å². The number of carboxylic acid groups (broad SMARTS) is 1. The fraction of sp³-hybridized carbons (Fsp3) is 0.364. The molecule has 0 aliphatic heterocycles. The van der Waals surface area contributed by atoms with Gasteiger partial charge < -0.3 is 15.5 Å². The lowest BCUT2D eigenvalue weighted by molar-refractivity contribution is 0.0698. The van der Waals surface area contributed by atoms with E-state index in [2.05, 4.69) is 5.32 Å². The molecule has 2 aromatic carbocycles. The number of hydrogen-bond donors (Lipinski definition) is 3. The molecule has 168 valence electrons. The molecule has 0 saturated carbocycles. The zero-order chi connectivity index (χ0) is 23.0. The van der Waals surface area contributed by atoms with Gasteiger partial charge in [0, 0.05) is 18.7 Å². The molecule has 0 aliphatic carbocycles. The van der Waals surface area contributed by atoms with E-state index in [0.717, 1.165) is 12.0 Å². The number of rotatable bonds is 11. The smallest absolute Gasteiger partial charge is 0.337 e. The number of sulfonamides is 1. The zero-order valence-corrected chi connectivity index (χ0v) is 18.5. The van der Waals surface area contributed by atoms with E-state index in [9.17, 15) is 28.2 Å². The van der Waals surface area contributed by atoms with Gasteiger partial charge >= 0.3 is 5.97 Å². The van der Waals surface area contributed by atoms with Crippen molar-refractivity contribution in [2.45, 2.75) is 38.0 Å². The van der Waals surface area contributed by atoms with Crippen LogP contribution in [0.1, 0.15) is 53.0 Å². The van der Waals surface area contributed by atoms with Crippen LogP contribution in [-0.4, -0.2) is 54.5 Å². The minimum Gasteiger partial charge on any atom is -0.478 e. The van der Waals surface area contributed by atoms with E-state index in [1.807, 2.05) is 13.8 Å². The van der Waals surface area contributed by atoms with Crippen LogP contribution in [0.5, 0.6) is 0 Å². The van der Waals surface area contributed by atoms with Gasteiger partial charge in [-0.1, -0.05) is 32.4 Å². The summed E-state index contributed by atoms with van der Waals surface area (Å²) in [7, 11) is -3.90. The van der Waals surface area contributed by atoms with Gasteiger partial charge in [0.1, 0.15) is 0 Å². The average Bonchev–Trinajstić information content (AvgIpc) is 2.76. The van der Waals surface area contributed by atoms with E-state index in [0.29, 0.717) is 12.8 Å². The van der Waals surface area contributed by atoms with Gasteiger partial charge in [-0.05, 0) is 48.7 Å². The largest absolute Gasteiger partial charge is 0.478 e. The Hall–Kier alpha value is -2.75. The molecule has 9 heteroatoms. The Morgan fingerprint density at radius 1 is 1.06 bits per heavy atom. The molecule has 3 N–H and O–H groups in total. The molecule has 0 radical (unpaired) electrons. The van der Waals surface area contributed by atoms with Gasteiger partial charge in [-0.3, -0.25) is 4.79 Å². The molecule has 1 amide bonds. The number of benzene rings is 2. The minimum atomic E-state index is -3.90. The highest BCUT2D eigenvalue weighted by Crippen LogP contribution is 2.21. The fourth-order valence-electron chi connectivity index (χ4n) is 3.04. The van der Waals surface area contributed by atoms with Crippen molar-refractivity contribution in [3.8, 4) is 0 Å². The number of nitrogens with one attached hydrogen (secondary N) is 1. The number of carboxylic acids is 1. The number of amides is 1. The summed E-state index contributed by atoms with van der Waals surface area (Å²) >= 11 is 0. The number of unbranched alkanes of at least 4 members (excludes halogenated alkanes) is 1. The number of anilines is 1. The van der Waals surface area contributed by atoms with Crippen LogP contribution in [0.25, 0.3) is 0 Å². The first kappa shape index (κ1) is 24.5.